The fourth-order valence-corrected chi connectivity index (χ4v) is 4.41. The number of aromatic amines is 1. The van der Waals surface area contributed by atoms with E-state index in [1.54, 1.807) is 0 Å². The van der Waals surface area contributed by atoms with E-state index in [9.17, 15) is 4.79 Å². The lowest BCUT2D eigenvalue weighted by molar-refractivity contribution is -0.138. The molecule has 2 aliphatic rings. The lowest BCUT2D eigenvalue weighted by atomic mass is 9.92. The van der Waals surface area contributed by atoms with Crippen LogP contribution < -0.4 is 0 Å². The minimum absolute atomic E-state index is 0.0740. The van der Waals surface area contributed by atoms with Crippen LogP contribution in [0, 0.1) is 5.92 Å². The van der Waals surface area contributed by atoms with Gasteiger partial charge in [0.25, 0.3) is 0 Å². The van der Waals surface area contributed by atoms with E-state index in [1.165, 1.54) is 35.7 Å². The number of hydrogen-bond acceptors (Lipinski definition) is 2. The van der Waals surface area contributed by atoms with Crippen molar-refractivity contribution >= 4 is 16.8 Å². The van der Waals surface area contributed by atoms with Gasteiger partial charge >= 0.3 is 0 Å². The molecule has 4 heteroatoms. The van der Waals surface area contributed by atoms with Crippen molar-refractivity contribution in [3.05, 3.63) is 36.0 Å². The molecule has 1 N–H and O–H groups in total. The summed E-state index contributed by atoms with van der Waals surface area (Å²) in [5, 5.41) is 1.28. The largest absolute Gasteiger partial charge is 0.381 e. The Morgan fingerprint density at radius 3 is 2.80 bits per heavy atom. The van der Waals surface area contributed by atoms with Gasteiger partial charge in [0.05, 0.1) is 12.5 Å². The van der Waals surface area contributed by atoms with Crippen LogP contribution in [0.2, 0.25) is 0 Å². The molecule has 1 saturated heterocycles. The van der Waals surface area contributed by atoms with Crippen molar-refractivity contribution < 1.29 is 9.53 Å². The number of para-hydroxylation sites is 1. The maximum absolute atomic E-state index is 13.1. The van der Waals surface area contributed by atoms with Gasteiger partial charge in [-0.15, -0.1) is 0 Å². The van der Waals surface area contributed by atoms with Gasteiger partial charge in [0, 0.05) is 36.3 Å². The molecule has 0 radical (unpaired) electrons. The molecule has 25 heavy (non-hydrogen) atoms. The highest BCUT2D eigenvalue weighted by atomic mass is 16.5. The lowest BCUT2D eigenvalue weighted by Gasteiger charge is -2.36. The second-order valence-electron chi connectivity index (χ2n) is 7.49. The molecule has 0 bridgehead atoms. The molecule has 4 nitrogen and oxygen atoms in total. The van der Waals surface area contributed by atoms with Crippen LogP contribution in [0.1, 0.15) is 44.1 Å². The quantitative estimate of drug-likeness (QED) is 0.897. The molecule has 134 valence electrons. The Balaban J connectivity index is 1.50. The molecule has 4 rings (SSSR count). The molecule has 2 heterocycles. The molecule has 0 spiro atoms. The van der Waals surface area contributed by atoms with Crippen LogP contribution in [0.25, 0.3) is 10.9 Å². The molecular formula is C21H28N2O2. The van der Waals surface area contributed by atoms with E-state index in [4.69, 9.17) is 4.74 Å². The molecule has 1 aromatic carbocycles. The zero-order valence-electron chi connectivity index (χ0n) is 14.9. The number of carbonyl (C=O) groups excluding carboxylic acids is 1. The van der Waals surface area contributed by atoms with Crippen LogP contribution in [0.5, 0.6) is 0 Å². The number of carbonyl (C=O) groups is 1. The highest BCUT2D eigenvalue weighted by Gasteiger charge is 2.32. The van der Waals surface area contributed by atoms with Crippen LogP contribution in [-0.2, 0) is 16.0 Å². The van der Waals surface area contributed by atoms with E-state index in [1.807, 2.05) is 0 Å². The van der Waals surface area contributed by atoms with Crippen molar-refractivity contribution in [2.75, 3.05) is 19.8 Å². The fraction of sp³-hybridized carbons (Fsp3) is 0.571. The number of rotatable bonds is 5. The third-order valence-electron chi connectivity index (χ3n) is 5.87. The monoisotopic (exact) mass is 340 g/mol. The van der Waals surface area contributed by atoms with Crippen LogP contribution in [0.4, 0.5) is 0 Å². The highest BCUT2D eigenvalue weighted by molar-refractivity contribution is 5.83. The van der Waals surface area contributed by atoms with Gasteiger partial charge < -0.3 is 14.6 Å². The Hall–Kier alpha value is -1.81. The predicted octanol–water partition coefficient (Wildman–Crippen LogP) is 3.91. The second kappa shape index (κ2) is 7.61. The summed E-state index contributed by atoms with van der Waals surface area (Å²) in [7, 11) is 0. The summed E-state index contributed by atoms with van der Waals surface area (Å²) in [6.45, 7) is 2.16. The number of aromatic nitrogens is 1. The zero-order chi connectivity index (χ0) is 17.1. The van der Waals surface area contributed by atoms with Gasteiger partial charge in [0.1, 0.15) is 0 Å². The van der Waals surface area contributed by atoms with Crippen LogP contribution in [0.3, 0.4) is 0 Å². The Kier molecular flexibility index (Phi) is 5.07. The van der Waals surface area contributed by atoms with Gasteiger partial charge in [-0.05, 0) is 37.3 Å². The average molecular weight is 340 g/mol. The number of H-pyrrole nitrogens is 1. The molecule has 0 unspecified atom stereocenters. The SMILES string of the molecule is O=C([C@@H]1CCOC1)N(CCc1c[nH]c2ccccc12)C1CCCCC1. The van der Waals surface area contributed by atoms with Gasteiger partial charge in [0.15, 0.2) is 0 Å². The minimum Gasteiger partial charge on any atom is -0.381 e. The maximum Gasteiger partial charge on any atom is 0.228 e. The Morgan fingerprint density at radius 2 is 2.00 bits per heavy atom. The molecule has 1 aliphatic carbocycles. The molecule has 1 aromatic heterocycles. The number of ether oxygens (including phenoxy) is 1. The highest BCUT2D eigenvalue weighted by Crippen LogP contribution is 2.27. The Morgan fingerprint density at radius 1 is 1.16 bits per heavy atom. The molecule has 1 amide bonds. The van der Waals surface area contributed by atoms with Gasteiger partial charge in [-0.25, -0.2) is 0 Å². The van der Waals surface area contributed by atoms with E-state index in [0.29, 0.717) is 18.6 Å². The lowest BCUT2D eigenvalue weighted by Crippen LogP contribution is -2.45. The van der Waals surface area contributed by atoms with E-state index >= 15 is 0 Å². The van der Waals surface area contributed by atoms with E-state index in [0.717, 1.165) is 38.8 Å². The van der Waals surface area contributed by atoms with Crippen LogP contribution in [0.15, 0.2) is 30.5 Å². The van der Waals surface area contributed by atoms with Gasteiger partial charge in [-0.2, -0.15) is 0 Å². The zero-order valence-corrected chi connectivity index (χ0v) is 14.9. The van der Waals surface area contributed by atoms with Crippen molar-refractivity contribution in [2.45, 2.75) is 51.0 Å². The Bertz CT molecular complexity index is 712. The summed E-state index contributed by atoms with van der Waals surface area (Å²) < 4.78 is 5.47. The first kappa shape index (κ1) is 16.6. The molecule has 2 aromatic rings. The van der Waals surface area contributed by atoms with E-state index < -0.39 is 0 Å². The number of amides is 1. The standard InChI is InChI=1S/C21H28N2O2/c24-21(17-11-13-25-15-17)23(18-6-2-1-3-7-18)12-10-16-14-22-20-9-5-4-8-19(16)20/h4-5,8-9,14,17-18,22H,1-3,6-7,10-13,15H2/t17-/m1/s1. The minimum atomic E-state index is 0.0740. The molecular weight excluding hydrogens is 312 g/mol. The topological polar surface area (TPSA) is 45.3 Å². The first-order valence-corrected chi connectivity index (χ1v) is 9.76. The molecule has 1 aliphatic heterocycles. The summed E-state index contributed by atoms with van der Waals surface area (Å²) in [6, 6.07) is 8.84. The van der Waals surface area contributed by atoms with Crippen molar-refractivity contribution in [2.24, 2.45) is 5.92 Å². The van der Waals surface area contributed by atoms with Gasteiger partial charge in [-0.3, -0.25) is 4.79 Å². The van der Waals surface area contributed by atoms with Gasteiger partial charge in [0.2, 0.25) is 5.91 Å². The first-order chi connectivity index (χ1) is 12.3. The Labute approximate surface area is 149 Å². The van der Waals surface area contributed by atoms with Gasteiger partial charge in [-0.1, -0.05) is 37.5 Å². The van der Waals surface area contributed by atoms with Crippen molar-refractivity contribution in [1.29, 1.82) is 0 Å². The molecule has 2 fully saturated rings. The number of hydrogen-bond donors (Lipinski definition) is 1. The van der Waals surface area contributed by atoms with Crippen molar-refractivity contribution in [3.8, 4) is 0 Å². The molecule has 1 atom stereocenters. The predicted molar refractivity (Wildman–Crippen MR) is 99.5 cm³/mol. The van der Waals surface area contributed by atoms with Crippen LogP contribution in [-0.4, -0.2) is 41.6 Å². The summed E-state index contributed by atoms with van der Waals surface area (Å²) >= 11 is 0. The van der Waals surface area contributed by atoms with Crippen molar-refractivity contribution in [3.63, 3.8) is 0 Å². The second-order valence-corrected chi connectivity index (χ2v) is 7.49. The smallest absolute Gasteiger partial charge is 0.228 e. The first-order valence-electron chi connectivity index (χ1n) is 9.76. The number of nitrogens with one attached hydrogen (secondary N) is 1. The average Bonchev–Trinajstić information content (AvgIpc) is 3.33. The summed E-state index contributed by atoms with van der Waals surface area (Å²) in [4.78, 5) is 18.7. The number of nitrogens with zero attached hydrogens (tertiary/aromatic N) is 1. The van der Waals surface area contributed by atoms with E-state index in [2.05, 4.69) is 40.3 Å². The molecule has 1 saturated carbocycles. The summed E-state index contributed by atoms with van der Waals surface area (Å²) in [5.74, 6) is 0.397. The summed E-state index contributed by atoms with van der Waals surface area (Å²) in [6.07, 6.45) is 10.0. The third kappa shape index (κ3) is 3.59. The fourth-order valence-electron chi connectivity index (χ4n) is 4.41. The van der Waals surface area contributed by atoms with Crippen molar-refractivity contribution in [1.82, 2.24) is 9.88 Å². The number of fused-ring (bicyclic) bond motifs is 1. The third-order valence-corrected chi connectivity index (χ3v) is 5.87. The summed E-state index contributed by atoms with van der Waals surface area (Å²) in [5.41, 5.74) is 2.49. The number of benzene rings is 1. The van der Waals surface area contributed by atoms with E-state index in [-0.39, 0.29) is 5.92 Å². The normalized spacial score (nSPS) is 21.7. The van der Waals surface area contributed by atoms with Crippen LogP contribution >= 0.6 is 0 Å². The maximum atomic E-state index is 13.1.